The second-order valence-corrected chi connectivity index (χ2v) is 5.04. The molecule has 1 aromatic heterocycles. The van der Waals surface area contributed by atoms with Crippen LogP contribution in [0.25, 0.3) is 0 Å². The fourth-order valence-electron chi connectivity index (χ4n) is 1.62. The highest BCUT2D eigenvalue weighted by molar-refractivity contribution is 7.09. The molecule has 0 aliphatic carbocycles. The van der Waals surface area contributed by atoms with E-state index in [1.807, 2.05) is 6.92 Å². The van der Waals surface area contributed by atoms with E-state index in [0.717, 1.165) is 23.8 Å². The predicted octanol–water partition coefficient (Wildman–Crippen LogP) is 2.20. The lowest BCUT2D eigenvalue weighted by atomic mass is 10.1. The van der Waals surface area contributed by atoms with E-state index in [4.69, 9.17) is 5.73 Å². The summed E-state index contributed by atoms with van der Waals surface area (Å²) in [7, 11) is 0. The number of aromatic nitrogens is 1. The van der Waals surface area contributed by atoms with E-state index in [9.17, 15) is 0 Å². The van der Waals surface area contributed by atoms with Gasteiger partial charge in [-0.25, -0.2) is 4.98 Å². The highest BCUT2D eigenvalue weighted by Crippen LogP contribution is 2.08. The third-order valence-corrected chi connectivity index (χ3v) is 3.38. The van der Waals surface area contributed by atoms with Crippen LogP contribution in [0.3, 0.4) is 0 Å². The van der Waals surface area contributed by atoms with Crippen molar-refractivity contribution in [3.05, 3.63) is 51.5 Å². The third kappa shape index (κ3) is 3.63. The van der Waals surface area contributed by atoms with Crippen molar-refractivity contribution in [1.82, 2.24) is 10.3 Å². The van der Waals surface area contributed by atoms with E-state index in [1.165, 1.54) is 11.1 Å². The van der Waals surface area contributed by atoms with Crippen molar-refractivity contribution in [3.8, 4) is 0 Å². The number of thiazole rings is 1. The minimum absolute atomic E-state index is 0.603. The monoisotopic (exact) mass is 247 g/mol. The Morgan fingerprint density at radius 2 is 1.88 bits per heavy atom. The van der Waals surface area contributed by atoms with Crippen LogP contribution in [0.5, 0.6) is 0 Å². The number of rotatable bonds is 5. The zero-order valence-electron chi connectivity index (χ0n) is 9.94. The van der Waals surface area contributed by atoms with Gasteiger partial charge in [0.15, 0.2) is 0 Å². The maximum absolute atomic E-state index is 5.56. The summed E-state index contributed by atoms with van der Waals surface area (Å²) in [6, 6.07) is 8.37. The maximum Gasteiger partial charge on any atom is 0.0897 e. The highest BCUT2D eigenvalue weighted by Gasteiger charge is 1.98. The van der Waals surface area contributed by atoms with Crippen LogP contribution in [0.2, 0.25) is 0 Å². The Balaban J connectivity index is 1.81. The molecular weight excluding hydrogens is 230 g/mol. The number of hydrogen-bond donors (Lipinski definition) is 2. The summed E-state index contributed by atoms with van der Waals surface area (Å²) >= 11 is 1.69. The van der Waals surface area contributed by atoms with Crippen molar-refractivity contribution in [2.24, 2.45) is 5.73 Å². The Kier molecular flexibility index (Phi) is 4.25. The summed E-state index contributed by atoms with van der Waals surface area (Å²) in [5, 5.41) is 6.60. The topological polar surface area (TPSA) is 50.9 Å². The third-order valence-electron chi connectivity index (χ3n) is 2.56. The van der Waals surface area contributed by atoms with Gasteiger partial charge in [0.1, 0.15) is 0 Å². The van der Waals surface area contributed by atoms with Crippen LogP contribution < -0.4 is 11.1 Å². The lowest BCUT2D eigenvalue weighted by molar-refractivity contribution is 0.681. The fraction of sp³-hybridized carbons (Fsp3) is 0.308. The Morgan fingerprint density at radius 3 is 2.47 bits per heavy atom. The molecule has 0 unspecified atom stereocenters. The first kappa shape index (κ1) is 12.2. The largest absolute Gasteiger partial charge is 0.326 e. The average molecular weight is 247 g/mol. The van der Waals surface area contributed by atoms with Gasteiger partial charge in [-0.3, -0.25) is 0 Å². The number of benzene rings is 1. The van der Waals surface area contributed by atoms with E-state index in [0.29, 0.717) is 6.54 Å². The number of nitrogens with one attached hydrogen (secondary N) is 1. The summed E-state index contributed by atoms with van der Waals surface area (Å²) in [5.74, 6) is 0. The molecule has 1 heterocycles. The molecule has 0 atom stereocenters. The second-order valence-electron chi connectivity index (χ2n) is 3.98. The van der Waals surface area contributed by atoms with Crippen LogP contribution in [-0.2, 0) is 19.6 Å². The number of aryl methyl sites for hydroxylation is 1. The molecule has 0 amide bonds. The van der Waals surface area contributed by atoms with Crippen LogP contribution >= 0.6 is 11.3 Å². The number of nitrogens with zero attached hydrogens (tertiary/aromatic N) is 1. The zero-order valence-corrected chi connectivity index (χ0v) is 10.8. The van der Waals surface area contributed by atoms with Crippen LogP contribution in [0.15, 0.2) is 29.6 Å². The van der Waals surface area contributed by atoms with E-state index < -0.39 is 0 Å². The van der Waals surface area contributed by atoms with Crippen molar-refractivity contribution >= 4 is 11.3 Å². The molecule has 3 nitrogen and oxygen atoms in total. The normalized spacial score (nSPS) is 10.7. The molecule has 1 aromatic carbocycles. The Labute approximate surface area is 106 Å². The first-order valence-corrected chi connectivity index (χ1v) is 6.55. The molecule has 0 spiro atoms. The van der Waals surface area contributed by atoms with Crippen LogP contribution in [0.1, 0.15) is 21.8 Å². The first-order chi connectivity index (χ1) is 8.28. The zero-order chi connectivity index (χ0) is 12.1. The molecule has 0 saturated heterocycles. The number of hydrogen-bond acceptors (Lipinski definition) is 4. The molecule has 0 bridgehead atoms. The van der Waals surface area contributed by atoms with Gasteiger partial charge in [-0.05, 0) is 18.1 Å². The van der Waals surface area contributed by atoms with Gasteiger partial charge in [0, 0.05) is 25.0 Å². The van der Waals surface area contributed by atoms with Crippen LogP contribution in [0.4, 0.5) is 0 Å². The molecule has 2 rings (SSSR count). The Hall–Kier alpha value is -1.23. The molecule has 17 heavy (non-hydrogen) atoms. The molecule has 0 saturated carbocycles. The molecular formula is C13H17N3S. The lowest BCUT2D eigenvalue weighted by Gasteiger charge is -2.04. The van der Waals surface area contributed by atoms with E-state index >= 15 is 0 Å². The van der Waals surface area contributed by atoms with Crippen molar-refractivity contribution in [1.29, 1.82) is 0 Å². The van der Waals surface area contributed by atoms with Gasteiger partial charge in [0.25, 0.3) is 0 Å². The average Bonchev–Trinajstić information content (AvgIpc) is 2.76. The van der Waals surface area contributed by atoms with Crippen LogP contribution in [-0.4, -0.2) is 4.98 Å². The molecule has 0 aliphatic heterocycles. The van der Waals surface area contributed by atoms with E-state index in [1.54, 1.807) is 11.3 Å². The minimum atomic E-state index is 0.603. The summed E-state index contributed by atoms with van der Waals surface area (Å²) in [6.45, 7) is 4.32. The molecule has 0 aliphatic rings. The Bertz CT molecular complexity index is 462. The van der Waals surface area contributed by atoms with E-state index in [2.05, 4.69) is 39.9 Å². The SMILES string of the molecule is Cc1nc(CNCc2ccc(CN)cc2)cs1. The molecule has 0 radical (unpaired) electrons. The Morgan fingerprint density at radius 1 is 1.18 bits per heavy atom. The van der Waals surface area contributed by atoms with Crippen molar-refractivity contribution < 1.29 is 0 Å². The highest BCUT2D eigenvalue weighted by atomic mass is 32.1. The van der Waals surface area contributed by atoms with Crippen molar-refractivity contribution in [3.63, 3.8) is 0 Å². The molecule has 2 aromatic rings. The lowest BCUT2D eigenvalue weighted by Crippen LogP contribution is -2.13. The quantitative estimate of drug-likeness (QED) is 0.851. The van der Waals surface area contributed by atoms with Crippen molar-refractivity contribution in [2.45, 2.75) is 26.6 Å². The minimum Gasteiger partial charge on any atom is -0.326 e. The van der Waals surface area contributed by atoms with Crippen molar-refractivity contribution in [2.75, 3.05) is 0 Å². The molecule has 4 heteroatoms. The fourth-order valence-corrected chi connectivity index (χ4v) is 2.23. The molecule has 90 valence electrons. The number of nitrogens with two attached hydrogens (primary N) is 1. The van der Waals surface area contributed by atoms with E-state index in [-0.39, 0.29) is 0 Å². The summed E-state index contributed by atoms with van der Waals surface area (Å²) in [6.07, 6.45) is 0. The van der Waals surface area contributed by atoms with Gasteiger partial charge in [-0.15, -0.1) is 11.3 Å². The predicted molar refractivity (Wildman–Crippen MR) is 71.7 cm³/mol. The molecule has 3 N–H and O–H groups in total. The second kappa shape index (κ2) is 5.91. The first-order valence-electron chi connectivity index (χ1n) is 5.67. The maximum atomic E-state index is 5.56. The molecule has 0 fully saturated rings. The van der Waals surface area contributed by atoms with Gasteiger partial charge in [0.2, 0.25) is 0 Å². The standard InChI is InChI=1S/C13H17N3S/c1-10-16-13(9-17-10)8-15-7-12-4-2-11(6-14)3-5-12/h2-5,9,15H,6-8,14H2,1H3. The van der Waals surface area contributed by atoms with Gasteiger partial charge in [-0.2, -0.15) is 0 Å². The summed E-state index contributed by atoms with van der Waals surface area (Å²) < 4.78 is 0. The van der Waals surface area contributed by atoms with Crippen LogP contribution in [0, 0.1) is 6.92 Å². The summed E-state index contributed by atoms with van der Waals surface area (Å²) in [4.78, 5) is 4.41. The van der Waals surface area contributed by atoms with Gasteiger partial charge >= 0.3 is 0 Å². The van der Waals surface area contributed by atoms with Gasteiger partial charge < -0.3 is 11.1 Å². The van der Waals surface area contributed by atoms with Gasteiger partial charge in [0.05, 0.1) is 10.7 Å². The van der Waals surface area contributed by atoms with Gasteiger partial charge in [-0.1, -0.05) is 24.3 Å². The summed E-state index contributed by atoms with van der Waals surface area (Å²) in [5.41, 5.74) is 9.11. The smallest absolute Gasteiger partial charge is 0.0897 e.